The van der Waals surface area contributed by atoms with Gasteiger partial charge in [-0.25, -0.2) is 0 Å². The fourth-order valence-electron chi connectivity index (χ4n) is 2.94. The molecule has 0 saturated carbocycles. The predicted octanol–water partition coefficient (Wildman–Crippen LogP) is 3.03. The lowest BCUT2D eigenvalue weighted by Gasteiger charge is -2.33. The Morgan fingerprint density at radius 2 is 1.68 bits per heavy atom. The first-order chi connectivity index (χ1) is 11.4. The van der Waals surface area contributed by atoms with Gasteiger partial charge in [0.05, 0.1) is 12.0 Å². The third kappa shape index (κ3) is 4.28. The number of Topliss-reactive ketones (excluding diaryl/α,β-unsaturated/α-hetero) is 2. The van der Waals surface area contributed by atoms with Crippen molar-refractivity contribution in [3.8, 4) is 0 Å². The maximum atomic E-state index is 12.8. The molecule has 0 bridgehead atoms. The quantitative estimate of drug-likeness (QED) is 0.484. The summed E-state index contributed by atoms with van der Waals surface area (Å²) in [6.45, 7) is 10.6. The van der Waals surface area contributed by atoms with E-state index in [1.165, 1.54) is 0 Å². The summed E-state index contributed by atoms with van der Waals surface area (Å²) in [6.07, 6.45) is 2.31. The van der Waals surface area contributed by atoms with Crippen LogP contribution in [0.5, 0.6) is 0 Å². The molecule has 0 amide bonds. The summed E-state index contributed by atoms with van der Waals surface area (Å²) in [4.78, 5) is 25.1. The summed E-state index contributed by atoms with van der Waals surface area (Å²) in [7, 11) is 0. The van der Waals surface area contributed by atoms with Crippen molar-refractivity contribution in [2.75, 3.05) is 0 Å². The van der Waals surface area contributed by atoms with Crippen LogP contribution in [-0.4, -0.2) is 38.6 Å². The molecule has 25 heavy (non-hydrogen) atoms. The molecular weight excluding hydrogens is 320 g/mol. The molecule has 5 nitrogen and oxygen atoms in total. The van der Waals surface area contributed by atoms with E-state index in [2.05, 4.69) is 0 Å². The fourth-order valence-corrected chi connectivity index (χ4v) is 2.94. The van der Waals surface area contributed by atoms with Gasteiger partial charge in [0.25, 0.3) is 0 Å². The first-order valence-electron chi connectivity index (χ1n) is 8.63. The summed E-state index contributed by atoms with van der Waals surface area (Å²) in [6, 6.07) is 0. The van der Waals surface area contributed by atoms with Crippen LogP contribution in [0.15, 0.2) is 34.6 Å². The van der Waals surface area contributed by atoms with Crippen LogP contribution in [0.25, 0.3) is 0 Å². The van der Waals surface area contributed by atoms with E-state index in [-0.39, 0.29) is 18.4 Å². The number of aliphatic hydroxyl groups is 3. The molecule has 0 fully saturated rings. The highest BCUT2D eigenvalue weighted by atomic mass is 16.4. The van der Waals surface area contributed by atoms with Crippen LogP contribution in [0.1, 0.15) is 54.4 Å². The van der Waals surface area contributed by atoms with Crippen LogP contribution in [0, 0.1) is 11.8 Å². The van der Waals surface area contributed by atoms with E-state index in [4.69, 9.17) is 0 Å². The molecule has 1 aliphatic carbocycles. The van der Waals surface area contributed by atoms with E-state index in [0.29, 0.717) is 0 Å². The highest BCUT2D eigenvalue weighted by molar-refractivity contribution is 6.24. The molecule has 0 aromatic rings. The van der Waals surface area contributed by atoms with Gasteiger partial charge in [-0.2, -0.15) is 0 Å². The first-order valence-corrected chi connectivity index (χ1v) is 8.63. The van der Waals surface area contributed by atoms with Gasteiger partial charge in [-0.05, 0) is 40.5 Å². The molecule has 140 valence electrons. The third-order valence-electron chi connectivity index (χ3n) is 4.50. The molecule has 0 heterocycles. The molecule has 5 heteroatoms. The highest BCUT2D eigenvalue weighted by Crippen LogP contribution is 2.43. The molecule has 0 aliphatic heterocycles. The normalized spacial score (nSPS) is 24.5. The van der Waals surface area contributed by atoms with Crippen molar-refractivity contribution in [2.24, 2.45) is 11.8 Å². The van der Waals surface area contributed by atoms with Gasteiger partial charge >= 0.3 is 0 Å². The average molecular weight is 350 g/mol. The van der Waals surface area contributed by atoms with Crippen LogP contribution in [0.2, 0.25) is 0 Å². The second-order valence-electron chi connectivity index (χ2n) is 7.53. The number of hydrogen-bond acceptors (Lipinski definition) is 5. The van der Waals surface area contributed by atoms with E-state index < -0.39 is 40.9 Å². The molecule has 1 rings (SSSR count). The average Bonchev–Trinajstić information content (AvgIpc) is 2.69. The van der Waals surface area contributed by atoms with Gasteiger partial charge in [0.2, 0.25) is 0 Å². The fraction of sp³-hybridized carbons (Fsp3) is 0.600. The maximum Gasteiger partial charge on any atom is 0.176 e. The first kappa shape index (κ1) is 21.3. The Hall–Kier alpha value is -1.72. The number of hydrogen-bond donors (Lipinski definition) is 3. The smallest absolute Gasteiger partial charge is 0.176 e. The van der Waals surface area contributed by atoms with E-state index in [1.807, 2.05) is 27.7 Å². The summed E-state index contributed by atoms with van der Waals surface area (Å²) in [5.74, 6) is -3.40. The van der Waals surface area contributed by atoms with Crippen LogP contribution in [-0.2, 0) is 9.59 Å². The van der Waals surface area contributed by atoms with E-state index in [0.717, 1.165) is 11.1 Å². The Bertz CT molecular complexity index is 630. The number of carbonyl (C=O) groups excluding carboxylic acids is 2. The van der Waals surface area contributed by atoms with Crippen molar-refractivity contribution in [1.29, 1.82) is 0 Å². The van der Waals surface area contributed by atoms with Crippen molar-refractivity contribution >= 4 is 11.6 Å². The molecule has 0 radical (unpaired) electrons. The van der Waals surface area contributed by atoms with Crippen LogP contribution in [0.3, 0.4) is 0 Å². The Morgan fingerprint density at radius 3 is 2.12 bits per heavy atom. The Labute approximate surface area is 149 Å². The topological polar surface area (TPSA) is 94.8 Å². The SMILES string of the molecule is CC(C)=CC[C@@H]1C(=O)C(C(=O)C(C)C)=C(O)[C@@]1(O)[C@@H](O)CC=C(C)C. The molecule has 3 N–H and O–H groups in total. The third-order valence-corrected chi connectivity index (χ3v) is 4.50. The summed E-state index contributed by atoms with van der Waals surface area (Å²) in [5.41, 5.74) is -0.651. The standard InChI is InChI=1S/C20H30O5/c1-11(2)7-9-14-18(23)16(17(22)13(5)6)19(24)20(14,25)15(21)10-8-12(3)4/h7-8,13-15,21,24-25H,9-10H2,1-6H3/t14-,15+,20+/m1/s1. The van der Waals surface area contributed by atoms with Gasteiger partial charge in [-0.1, -0.05) is 37.1 Å². The summed E-state index contributed by atoms with van der Waals surface area (Å²) >= 11 is 0. The molecule has 3 atom stereocenters. The molecule has 0 saturated heterocycles. The summed E-state index contributed by atoms with van der Waals surface area (Å²) in [5, 5.41) is 32.2. The van der Waals surface area contributed by atoms with Gasteiger partial charge in [0, 0.05) is 5.92 Å². The Balaban J connectivity index is 3.42. The number of carbonyl (C=O) groups is 2. The Morgan fingerprint density at radius 1 is 1.16 bits per heavy atom. The number of aliphatic hydroxyl groups excluding tert-OH is 2. The molecule has 0 spiro atoms. The minimum Gasteiger partial charge on any atom is -0.508 e. The molecule has 1 aliphatic rings. The lowest BCUT2D eigenvalue weighted by molar-refractivity contribution is -0.134. The van der Waals surface area contributed by atoms with Crippen molar-refractivity contribution in [1.82, 2.24) is 0 Å². The van der Waals surface area contributed by atoms with E-state index in [9.17, 15) is 24.9 Å². The summed E-state index contributed by atoms with van der Waals surface area (Å²) < 4.78 is 0. The molecule has 0 unspecified atom stereocenters. The van der Waals surface area contributed by atoms with Crippen LogP contribution >= 0.6 is 0 Å². The van der Waals surface area contributed by atoms with Gasteiger partial charge in [-0.3, -0.25) is 9.59 Å². The second kappa shape index (κ2) is 8.11. The van der Waals surface area contributed by atoms with Crippen molar-refractivity contribution in [3.05, 3.63) is 34.6 Å². The predicted molar refractivity (Wildman–Crippen MR) is 97.0 cm³/mol. The lowest BCUT2D eigenvalue weighted by Crippen LogP contribution is -2.49. The van der Waals surface area contributed by atoms with Crippen LogP contribution < -0.4 is 0 Å². The van der Waals surface area contributed by atoms with Gasteiger partial charge < -0.3 is 15.3 Å². The zero-order chi connectivity index (χ0) is 19.5. The van der Waals surface area contributed by atoms with Gasteiger partial charge in [0.1, 0.15) is 11.3 Å². The maximum absolute atomic E-state index is 12.8. The minimum absolute atomic E-state index is 0.0741. The van der Waals surface area contributed by atoms with E-state index >= 15 is 0 Å². The van der Waals surface area contributed by atoms with Gasteiger partial charge in [-0.15, -0.1) is 0 Å². The minimum atomic E-state index is -2.16. The molecule has 0 aromatic carbocycles. The number of allylic oxidation sites excluding steroid dienone is 4. The molecular formula is C20H30O5. The van der Waals surface area contributed by atoms with Crippen molar-refractivity contribution in [2.45, 2.75) is 66.1 Å². The highest BCUT2D eigenvalue weighted by Gasteiger charge is 2.58. The van der Waals surface area contributed by atoms with Crippen molar-refractivity contribution in [3.63, 3.8) is 0 Å². The van der Waals surface area contributed by atoms with E-state index in [1.54, 1.807) is 26.0 Å². The number of rotatable bonds is 7. The largest absolute Gasteiger partial charge is 0.508 e. The monoisotopic (exact) mass is 350 g/mol. The zero-order valence-electron chi connectivity index (χ0n) is 16.0. The Kier molecular flexibility index (Phi) is 6.91. The second-order valence-corrected chi connectivity index (χ2v) is 7.53. The lowest BCUT2D eigenvalue weighted by atomic mass is 9.80. The number of ketones is 2. The van der Waals surface area contributed by atoms with Crippen LogP contribution in [0.4, 0.5) is 0 Å². The van der Waals surface area contributed by atoms with Gasteiger partial charge in [0.15, 0.2) is 17.2 Å². The zero-order valence-corrected chi connectivity index (χ0v) is 16.0. The van der Waals surface area contributed by atoms with Crippen molar-refractivity contribution < 1.29 is 24.9 Å². The molecule has 0 aromatic heterocycles.